The Balaban J connectivity index is 1.92. The summed E-state index contributed by atoms with van der Waals surface area (Å²) in [5.41, 5.74) is 2.16. The monoisotopic (exact) mass is 522 g/mol. The van der Waals surface area contributed by atoms with E-state index in [0.717, 1.165) is 16.4 Å². The molecule has 182 valence electrons. The van der Waals surface area contributed by atoms with Gasteiger partial charge in [-0.2, -0.15) is 0 Å². The van der Waals surface area contributed by atoms with Crippen LogP contribution in [0.4, 0.5) is 0 Å². The van der Waals surface area contributed by atoms with E-state index in [1.807, 2.05) is 11.8 Å². The zero-order valence-corrected chi connectivity index (χ0v) is 21.5. The first-order valence-electron chi connectivity index (χ1n) is 10.6. The molecule has 2 aromatic carbocycles. The highest BCUT2D eigenvalue weighted by molar-refractivity contribution is 8.72. The second-order valence-corrected chi connectivity index (χ2v) is 12.3. The van der Waals surface area contributed by atoms with Gasteiger partial charge in [-0.25, -0.2) is 13.2 Å². The Labute approximate surface area is 208 Å². The summed E-state index contributed by atoms with van der Waals surface area (Å²) in [6, 6.07) is 12.9. The number of likely N-dealkylation sites (N-methyl/N-ethyl adjacent to an activating group) is 1. The number of ether oxygens (including phenoxy) is 1. The Morgan fingerprint density at radius 2 is 1.88 bits per heavy atom. The van der Waals surface area contributed by atoms with Crippen LogP contribution in [0.25, 0.3) is 0 Å². The fourth-order valence-electron chi connectivity index (χ4n) is 3.79. The highest BCUT2D eigenvalue weighted by atomic mass is 35.5. The van der Waals surface area contributed by atoms with E-state index in [0.29, 0.717) is 29.1 Å². The van der Waals surface area contributed by atoms with Crippen LogP contribution < -0.4 is 5.32 Å². The van der Waals surface area contributed by atoms with Crippen molar-refractivity contribution in [1.82, 2.24) is 10.2 Å². The van der Waals surface area contributed by atoms with Gasteiger partial charge in [-0.1, -0.05) is 47.5 Å². The average Bonchev–Trinajstić information content (AvgIpc) is 2.81. The molecule has 1 saturated heterocycles. The summed E-state index contributed by atoms with van der Waals surface area (Å²) in [7, 11) is -0.0167. The van der Waals surface area contributed by atoms with Crippen molar-refractivity contribution in [3.05, 3.63) is 76.3 Å². The maximum atomic E-state index is 13.1. The molecule has 0 bridgehead atoms. The molecule has 34 heavy (non-hydrogen) atoms. The number of benzene rings is 2. The largest absolute Gasteiger partial charge is 0.468 e. The molecule has 2 atom stereocenters. The summed E-state index contributed by atoms with van der Waals surface area (Å²) in [5.74, 6) is -0.826. The number of likely N-dealkylation sites (tertiary alicyclic amines) is 1. The Bertz CT molecular complexity index is 1180. The molecule has 0 aromatic heterocycles. The van der Waals surface area contributed by atoms with Crippen LogP contribution in [0, 0.1) is 6.92 Å². The molecule has 0 aliphatic carbocycles. The molecule has 7 nitrogen and oxygen atoms in total. The summed E-state index contributed by atoms with van der Waals surface area (Å²) in [4.78, 5) is 27.0. The first-order chi connectivity index (χ1) is 16.2. The summed E-state index contributed by atoms with van der Waals surface area (Å²) in [6.07, 6.45) is 1.83. The number of nitrogens with zero attached hydrogens (tertiary/aromatic N) is 1. The minimum Gasteiger partial charge on any atom is -0.468 e. The third-order valence-electron chi connectivity index (χ3n) is 5.58. The van der Waals surface area contributed by atoms with Gasteiger partial charge in [0.2, 0.25) is 14.8 Å². The van der Waals surface area contributed by atoms with E-state index in [-0.39, 0.29) is 17.3 Å². The van der Waals surface area contributed by atoms with Crippen molar-refractivity contribution in [2.75, 3.05) is 27.2 Å². The van der Waals surface area contributed by atoms with E-state index in [1.165, 1.54) is 20.2 Å². The van der Waals surface area contributed by atoms with Gasteiger partial charge in [-0.05, 0) is 53.5 Å². The van der Waals surface area contributed by atoms with E-state index in [4.69, 9.17) is 16.3 Å². The van der Waals surface area contributed by atoms with Crippen molar-refractivity contribution < 1.29 is 22.7 Å². The summed E-state index contributed by atoms with van der Waals surface area (Å²) in [5, 5.41) is 2.52. The van der Waals surface area contributed by atoms with E-state index >= 15 is 0 Å². The minimum absolute atomic E-state index is 0.208. The lowest BCUT2D eigenvalue weighted by molar-refractivity contribution is -0.147. The van der Waals surface area contributed by atoms with Crippen LogP contribution in [0.5, 0.6) is 0 Å². The number of hydrogen-bond acceptors (Lipinski definition) is 7. The predicted octanol–water partition coefficient (Wildman–Crippen LogP) is 3.73. The topological polar surface area (TPSA) is 92.8 Å². The van der Waals surface area contributed by atoms with Gasteiger partial charge >= 0.3 is 5.97 Å². The predicted molar refractivity (Wildman–Crippen MR) is 134 cm³/mol. The number of rotatable bonds is 7. The normalized spacial score (nSPS) is 18.9. The number of amides is 1. The molecule has 10 heteroatoms. The molecule has 1 amide bonds. The van der Waals surface area contributed by atoms with Crippen LogP contribution in [0.2, 0.25) is 5.02 Å². The lowest BCUT2D eigenvalue weighted by Crippen LogP contribution is -2.43. The van der Waals surface area contributed by atoms with Crippen LogP contribution in [0.3, 0.4) is 0 Å². The average molecular weight is 523 g/mol. The van der Waals surface area contributed by atoms with Gasteiger partial charge in [0.05, 0.1) is 12.0 Å². The molecule has 2 aromatic rings. The van der Waals surface area contributed by atoms with Gasteiger partial charge in [0.1, 0.15) is 6.04 Å². The maximum Gasteiger partial charge on any atom is 0.327 e. The number of carbonyl (C=O) groups is 2. The second-order valence-electron chi connectivity index (χ2n) is 7.89. The van der Waals surface area contributed by atoms with Gasteiger partial charge in [0.25, 0.3) is 0 Å². The molecule has 0 radical (unpaired) electrons. The standard InChI is InChI=1S/C24H27ClN2O5S2/c1-16-8-10-18(11-9-16)34(30,31)33-21-12-13-27(15-17(21)14-22(28)26-2)23(24(29)32-3)19-6-4-5-7-20(19)25/h4-11,14,21,23H,12-13,15H2,1-3H3,(H,26,28)/b17-14+. The quantitative estimate of drug-likeness (QED) is 0.336. The SMILES string of the molecule is CNC(=O)/C=C1\CN(C(C(=O)OC)c2ccccc2Cl)CCC1SS(=O)(=O)c1ccc(C)cc1. The van der Waals surface area contributed by atoms with E-state index < -0.39 is 26.1 Å². The smallest absolute Gasteiger partial charge is 0.327 e. The summed E-state index contributed by atoms with van der Waals surface area (Å²) < 4.78 is 31.2. The van der Waals surface area contributed by atoms with Crippen LogP contribution in [0.1, 0.15) is 23.6 Å². The number of carbonyl (C=O) groups excluding carboxylic acids is 2. The van der Waals surface area contributed by atoms with Crippen LogP contribution in [0.15, 0.2) is 65.1 Å². The molecule has 1 aliphatic rings. The molecule has 0 saturated carbocycles. The number of esters is 1. The van der Waals surface area contributed by atoms with E-state index in [1.54, 1.807) is 48.5 Å². The molecule has 0 spiro atoms. The first-order valence-corrected chi connectivity index (χ1v) is 13.9. The molecule has 1 fully saturated rings. The summed E-state index contributed by atoms with van der Waals surface area (Å²) in [6.45, 7) is 2.51. The fraction of sp³-hybridized carbons (Fsp3) is 0.333. The number of methoxy groups -OCH3 is 1. The lowest BCUT2D eigenvalue weighted by Gasteiger charge is -2.37. The maximum absolute atomic E-state index is 13.1. The minimum atomic E-state index is -3.66. The van der Waals surface area contributed by atoms with Crippen molar-refractivity contribution in [3.8, 4) is 0 Å². The highest BCUT2D eigenvalue weighted by Gasteiger charge is 2.37. The first kappa shape index (κ1) is 26.3. The van der Waals surface area contributed by atoms with Gasteiger partial charge in [0, 0.05) is 36.5 Å². The number of nitrogens with one attached hydrogen (secondary N) is 1. The lowest BCUT2D eigenvalue weighted by atomic mass is 9.98. The third kappa shape index (κ3) is 6.21. The van der Waals surface area contributed by atoms with E-state index in [2.05, 4.69) is 5.32 Å². The van der Waals surface area contributed by atoms with Gasteiger partial charge in [-0.3, -0.25) is 9.69 Å². The Kier molecular flexibility index (Phi) is 8.81. The molecule has 1 N–H and O–H groups in total. The van der Waals surface area contributed by atoms with Crippen molar-refractivity contribution >= 4 is 43.1 Å². The third-order valence-corrected chi connectivity index (χ3v) is 9.83. The number of piperidine rings is 1. The highest BCUT2D eigenvalue weighted by Crippen LogP contribution is 2.39. The van der Waals surface area contributed by atoms with Crippen molar-refractivity contribution in [2.45, 2.75) is 29.5 Å². The molecule has 1 heterocycles. The Morgan fingerprint density at radius 3 is 2.50 bits per heavy atom. The molecule has 2 unspecified atom stereocenters. The van der Waals surface area contributed by atoms with Crippen molar-refractivity contribution in [1.29, 1.82) is 0 Å². The zero-order valence-electron chi connectivity index (χ0n) is 19.2. The van der Waals surface area contributed by atoms with Crippen LogP contribution in [-0.2, 0) is 23.2 Å². The number of hydrogen-bond donors (Lipinski definition) is 1. The number of aryl methyl sites for hydroxylation is 1. The summed E-state index contributed by atoms with van der Waals surface area (Å²) >= 11 is 6.38. The van der Waals surface area contributed by atoms with Gasteiger partial charge in [-0.15, -0.1) is 0 Å². The van der Waals surface area contributed by atoms with Gasteiger partial charge < -0.3 is 10.1 Å². The van der Waals surface area contributed by atoms with Crippen LogP contribution >= 0.6 is 22.4 Å². The molecular weight excluding hydrogens is 496 g/mol. The van der Waals surface area contributed by atoms with Gasteiger partial charge in [0.15, 0.2) is 0 Å². The van der Waals surface area contributed by atoms with Crippen molar-refractivity contribution in [3.63, 3.8) is 0 Å². The zero-order chi connectivity index (χ0) is 24.9. The molecule has 3 rings (SSSR count). The molecular formula is C24H27ClN2O5S2. The molecule has 1 aliphatic heterocycles. The van der Waals surface area contributed by atoms with Crippen molar-refractivity contribution in [2.24, 2.45) is 0 Å². The fourth-order valence-corrected chi connectivity index (χ4v) is 7.62. The van der Waals surface area contributed by atoms with Crippen LogP contribution in [-0.4, -0.2) is 57.7 Å². The second kappa shape index (κ2) is 11.4. The number of halogens is 1. The van der Waals surface area contributed by atoms with E-state index in [9.17, 15) is 18.0 Å². The Morgan fingerprint density at radius 1 is 1.21 bits per heavy atom. The Hall–Kier alpha value is -2.33.